The second-order valence-corrected chi connectivity index (χ2v) is 7.23. The highest BCUT2D eigenvalue weighted by atomic mass is 16.5. The molecule has 1 saturated heterocycles. The Kier molecular flexibility index (Phi) is 4.69. The Balaban J connectivity index is 1.99. The Morgan fingerprint density at radius 2 is 1.90 bits per heavy atom. The Labute approximate surface area is 176 Å². The summed E-state index contributed by atoms with van der Waals surface area (Å²) in [5.41, 5.74) is 6.95. The number of amides is 2. The number of rotatable bonds is 4. The van der Waals surface area contributed by atoms with Gasteiger partial charge in [-0.2, -0.15) is 0 Å². The Bertz CT molecular complexity index is 1250. The number of anilines is 1. The minimum atomic E-state index is -0.974. The van der Waals surface area contributed by atoms with Crippen LogP contribution in [-0.2, 0) is 9.59 Å². The number of hydrogen-bond donors (Lipinski definition) is 3. The van der Waals surface area contributed by atoms with Crippen molar-refractivity contribution < 1.29 is 24.0 Å². The Morgan fingerprint density at radius 3 is 2.45 bits per heavy atom. The van der Waals surface area contributed by atoms with Crippen molar-refractivity contribution in [2.24, 2.45) is 5.73 Å². The molecule has 0 radical (unpaired) electrons. The van der Waals surface area contributed by atoms with Gasteiger partial charge in [-0.1, -0.05) is 5.16 Å². The van der Waals surface area contributed by atoms with Crippen molar-refractivity contribution >= 4 is 29.2 Å². The Morgan fingerprint density at radius 1 is 1.23 bits per heavy atom. The average molecular weight is 421 g/mol. The van der Waals surface area contributed by atoms with Gasteiger partial charge in [0, 0.05) is 29.7 Å². The maximum atomic E-state index is 13.1. The van der Waals surface area contributed by atoms with Gasteiger partial charge in [0.05, 0.1) is 11.6 Å². The summed E-state index contributed by atoms with van der Waals surface area (Å²) in [5, 5.41) is 15.1. The van der Waals surface area contributed by atoms with E-state index in [4.69, 9.17) is 10.3 Å². The quantitative estimate of drug-likeness (QED) is 0.331. The van der Waals surface area contributed by atoms with E-state index in [1.807, 2.05) is 0 Å². The highest BCUT2D eigenvalue weighted by Crippen LogP contribution is 2.42. The number of hydrogen-bond acceptors (Lipinski definition) is 7. The van der Waals surface area contributed by atoms with Crippen LogP contribution in [0.4, 0.5) is 5.82 Å². The molecule has 0 spiro atoms. The lowest BCUT2D eigenvalue weighted by molar-refractivity contribution is -0.132. The molecule has 0 aliphatic carbocycles. The third kappa shape index (κ3) is 3.08. The van der Waals surface area contributed by atoms with E-state index in [9.17, 15) is 19.5 Å². The zero-order chi connectivity index (χ0) is 22.4. The smallest absolute Gasteiger partial charge is 0.301 e. The fourth-order valence-electron chi connectivity index (χ4n) is 3.88. The lowest BCUT2D eigenvalue weighted by atomic mass is 9.94. The molecule has 4 N–H and O–H groups in total. The summed E-state index contributed by atoms with van der Waals surface area (Å²) in [7, 11) is 0. The molecule has 10 nitrogen and oxygen atoms in total. The molecule has 3 aromatic rings. The van der Waals surface area contributed by atoms with Crippen LogP contribution in [0.15, 0.2) is 40.7 Å². The summed E-state index contributed by atoms with van der Waals surface area (Å²) in [5.74, 6) is -2.28. The molecular formula is C21H19N5O5. The third-order valence-electron chi connectivity index (χ3n) is 5.25. The van der Waals surface area contributed by atoms with E-state index in [2.05, 4.69) is 15.1 Å². The molecule has 4 heterocycles. The third-order valence-corrected chi connectivity index (χ3v) is 5.25. The van der Waals surface area contributed by atoms with Crippen molar-refractivity contribution in [1.82, 2.24) is 15.1 Å². The number of aromatic nitrogens is 3. The predicted octanol–water partition coefficient (Wildman–Crippen LogP) is 2.05. The molecule has 0 saturated carbocycles. The second-order valence-electron chi connectivity index (χ2n) is 7.23. The summed E-state index contributed by atoms with van der Waals surface area (Å²) >= 11 is 0. The van der Waals surface area contributed by atoms with E-state index in [0.717, 1.165) is 0 Å². The van der Waals surface area contributed by atoms with Crippen LogP contribution in [-0.4, -0.2) is 37.8 Å². The topological polar surface area (TPSA) is 155 Å². The van der Waals surface area contributed by atoms with Gasteiger partial charge in [0.15, 0.2) is 5.82 Å². The summed E-state index contributed by atoms with van der Waals surface area (Å²) < 4.78 is 5.09. The van der Waals surface area contributed by atoms with E-state index >= 15 is 0 Å². The SMILES string of the molecule is Cc1cc(N2C(=O)C(=O)/C(=C(/O)c3c(C)[nH]c(C(N)=O)c3C)C2c2ccncc2)no1. The number of aryl methyl sites for hydroxylation is 2. The molecule has 0 aromatic carbocycles. The summed E-state index contributed by atoms with van der Waals surface area (Å²) in [4.78, 5) is 45.7. The lowest BCUT2D eigenvalue weighted by Gasteiger charge is -2.22. The van der Waals surface area contributed by atoms with E-state index in [0.29, 0.717) is 22.6 Å². The second kappa shape index (κ2) is 7.24. The largest absolute Gasteiger partial charge is 0.507 e. The van der Waals surface area contributed by atoms with E-state index in [-0.39, 0.29) is 22.6 Å². The maximum Gasteiger partial charge on any atom is 0.301 e. The van der Waals surface area contributed by atoms with E-state index < -0.39 is 29.4 Å². The molecule has 1 aliphatic rings. The molecule has 158 valence electrons. The predicted molar refractivity (Wildman–Crippen MR) is 109 cm³/mol. The van der Waals surface area contributed by atoms with Gasteiger partial charge in [0.25, 0.3) is 11.7 Å². The van der Waals surface area contributed by atoms with Crippen molar-refractivity contribution in [3.05, 3.63) is 70.0 Å². The summed E-state index contributed by atoms with van der Waals surface area (Å²) in [6, 6.07) is 3.82. The first-order valence-corrected chi connectivity index (χ1v) is 9.36. The number of H-pyrrole nitrogens is 1. The van der Waals surface area contributed by atoms with Crippen LogP contribution in [0.1, 0.15) is 44.7 Å². The van der Waals surface area contributed by atoms with Gasteiger partial charge in [0.1, 0.15) is 17.2 Å². The van der Waals surface area contributed by atoms with Crippen LogP contribution >= 0.6 is 0 Å². The zero-order valence-electron chi connectivity index (χ0n) is 17.0. The lowest BCUT2D eigenvalue weighted by Crippen LogP contribution is -2.29. The fourth-order valence-corrected chi connectivity index (χ4v) is 3.88. The maximum absolute atomic E-state index is 13.1. The molecule has 10 heteroatoms. The zero-order valence-corrected chi connectivity index (χ0v) is 17.0. The number of primary amides is 1. The molecule has 1 fully saturated rings. The minimum Gasteiger partial charge on any atom is -0.507 e. The highest BCUT2D eigenvalue weighted by molar-refractivity contribution is 6.51. The molecule has 1 atom stereocenters. The minimum absolute atomic E-state index is 0.112. The first-order chi connectivity index (χ1) is 14.7. The van der Waals surface area contributed by atoms with Gasteiger partial charge >= 0.3 is 5.91 Å². The molecule has 2 amide bonds. The number of Topliss-reactive ketones (excluding diaryl/α,β-unsaturated/α-hetero) is 1. The van der Waals surface area contributed by atoms with Crippen LogP contribution in [0.5, 0.6) is 0 Å². The monoisotopic (exact) mass is 421 g/mol. The van der Waals surface area contributed by atoms with Gasteiger partial charge in [-0.05, 0) is 44.0 Å². The van der Waals surface area contributed by atoms with Crippen molar-refractivity contribution in [1.29, 1.82) is 0 Å². The van der Waals surface area contributed by atoms with E-state index in [1.54, 1.807) is 32.9 Å². The van der Waals surface area contributed by atoms with Crippen LogP contribution in [0.3, 0.4) is 0 Å². The van der Waals surface area contributed by atoms with E-state index in [1.165, 1.54) is 23.4 Å². The highest BCUT2D eigenvalue weighted by Gasteiger charge is 2.48. The number of aliphatic hydroxyl groups is 1. The number of nitrogens with one attached hydrogen (secondary N) is 1. The van der Waals surface area contributed by atoms with Crippen LogP contribution in [0.2, 0.25) is 0 Å². The first-order valence-electron chi connectivity index (χ1n) is 9.36. The number of carbonyl (C=O) groups excluding carboxylic acids is 3. The number of aromatic amines is 1. The Hall–Kier alpha value is -4.21. The molecular weight excluding hydrogens is 402 g/mol. The molecule has 4 rings (SSSR count). The number of nitrogens with two attached hydrogens (primary N) is 1. The number of nitrogens with zero attached hydrogens (tertiary/aromatic N) is 3. The fraction of sp³-hybridized carbons (Fsp3) is 0.190. The molecule has 0 bridgehead atoms. The van der Waals surface area contributed by atoms with Gasteiger partial charge in [0.2, 0.25) is 0 Å². The van der Waals surface area contributed by atoms with Gasteiger partial charge in [-0.3, -0.25) is 24.3 Å². The van der Waals surface area contributed by atoms with Crippen LogP contribution in [0, 0.1) is 20.8 Å². The van der Waals surface area contributed by atoms with Crippen LogP contribution in [0.25, 0.3) is 5.76 Å². The summed E-state index contributed by atoms with van der Waals surface area (Å²) in [6.45, 7) is 4.89. The number of aliphatic hydroxyl groups excluding tert-OH is 1. The van der Waals surface area contributed by atoms with Crippen molar-refractivity contribution in [2.75, 3.05) is 4.90 Å². The molecule has 1 aliphatic heterocycles. The first kappa shape index (κ1) is 20.1. The van der Waals surface area contributed by atoms with Gasteiger partial charge in [-0.15, -0.1) is 0 Å². The number of pyridine rings is 1. The normalized spacial score (nSPS) is 18.0. The number of ketones is 1. The molecule has 1 unspecified atom stereocenters. The van der Waals surface area contributed by atoms with Gasteiger partial charge < -0.3 is 20.3 Å². The van der Waals surface area contributed by atoms with Crippen molar-refractivity contribution in [3.8, 4) is 0 Å². The van der Waals surface area contributed by atoms with Gasteiger partial charge in [-0.25, -0.2) is 0 Å². The van der Waals surface area contributed by atoms with Crippen LogP contribution < -0.4 is 10.6 Å². The van der Waals surface area contributed by atoms with Crippen molar-refractivity contribution in [2.45, 2.75) is 26.8 Å². The molecule has 31 heavy (non-hydrogen) atoms. The standard InChI is InChI=1S/C21H19N5O5/c1-9-8-13(25-31-9)26-17(12-4-6-23-7-5-12)15(19(28)21(26)30)18(27)14-10(2)16(20(22)29)24-11(14)3/h4-8,17,24,27H,1-3H3,(H2,22,29)/b18-15+. The molecule has 3 aromatic heterocycles. The average Bonchev–Trinajstić information content (AvgIpc) is 3.37. The summed E-state index contributed by atoms with van der Waals surface area (Å²) in [6.07, 6.45) is 3.03. The number of carbonyl (C=O) groups is 3. The van der Waals surface area contributed by atoms with Crippen molar-refractivity contribution in [3.63, 3.8) is 0 Å².